The molecular weight excluding hydrogens is 549 g/mol. The number of hydrogen-bond acceptors (Lipinski definition) is 8. The summed E-state index contributed by atoms with van der Waals surface area (Å²) in [5.41, 5.74) is -1.56. The number of thioether (sulfide) groups is 1. The molecule has 0 saturated carbocycles. The van der Waals surface area contributed by atoms with Crippen molar-refractivity contribution in [3.05, 3.63) is 104 Å². The Morgan fingerprint density at radius 1 is 0.975 bits per heavy atom. The van der Waals surface area contributed by atoms with Gasteiger partial charge in [0.25, 0.3) is 0 Å². The van der Waals surface area contributed by atoms with Crippen LogP contribution < -0.4 is 11.4 Å². The number of esters is 1. The van der Waals surface area contributed by atoms with Gasteiger partial charge in [0.05, 0.1) is 25.2 Å². The van der Waals surface area contributed by atoms with Gasteiger partial charge in [-0.1, -0.05) is 23.9 Å². The highest BCUT2D eigenvalue weighted by molar-refractivity contribution is 7.98. The van der Waals surface area contributed by atoms with Crippen molar-refractivity contribution in [1.29, 1.82) is 0 Å². The molecule has 0 bridgehead atoms. The molecule has 210 valence electrons. The van der Waals surface area contributed by atoms with Crippen LogP contribution in [0.15, 0.2) is 57.5 Å². The van der Waals surface area contributed by atoms with Gasteiger partial charge in [0.15, 0.2) is 22.6 Å². The third kappa shape index (κ3) is 6.68. The number of aromatic nitrogens is 6. The third-order valence-corrected chi connectivity index (χ3v) is 6.18. The number of halogens is 3. The zero-order valence-corrected chi connectivity index (χ0v) is 22.8. The van der Waals surface area contributed by atoms with Crippen LogP contribution in [-0.4, -0.2) is 46.7 Å². The molecule has 0 fully saturated rings. The van der Waals surface area contributed by atoms with E-state index in [9.17, 15) is 27.6 Å². The molecule has 0 aliphatic carbocycles. The highest BCUT2D eigenvalue weighted by Gasteiger charge is 2.19. The van der Waals surface area contributed by atoms with Gasteiger partial charge in [-0.05, 0) is 50.8 Å². The van der Waals surface area contributed by atoms with Crippen molar-refractivity contribution in [1.82, 2.24) is 28.9 Å². The molecule has 2 heterocycles. The van der Waals surface area contributed by atoms with Crippen LogP contribution in [0.3, 0.4) is 0 Å². The smallest absolute Gasteiger partial charge is 0.354 e. The number of ether oxygens (including phenoxy) is 1. The van der Waals surface area contributed by atoms with Crippen LogP contribution in [0.1, 0.15) is 48.1 Å². The summed E-state index contributed by atoms with van der Waals surface area (Å²) in [6.07, 6.45) is 2.96. The van der Waals surface area contributed by atoms with E-state index in [-0.39, 0.29) is 29.6 Å². The van der Waals surface area contributed by atoms with E-state index >= 15 is 0 Å². The normalized spacial score (nSPS) is 11.6. The molecule has 2 aromatic carbocycles. The van der Waals surface area contributed by atoms with Crippen LogP contribution in [0, 0.1) is 17.5 Å². The summed E-state index contributed by atoms with van der Waals surface area (Å²) in [5.74, 6) is -4.03. The molecule has 0 radical (unpaired) electrons. The Morgan fingerprint density at radius 2 is 1.70 bits per heavy atom. The van der Waals surface area contributed by atoms with Crippen LogP contribution >= 0.6 is 11.8 Å². The van der Waals surface area contributed by atoms with Gasteiger partial charge in [-0.25, -0.2) is 41.8 Å². The van der Waals surface area contributed by atoms with Crippen LogP contribution in [0.5, 0.6) is 0 Å². The quantitative estimate of drug-likeness (QED) is 0.179. The van der Waals surface area contributed by atoms with Gasteiger partial charge in [-0.3, -0.25) is 4.57 Å². The standard InChI is InChI=1S/C26H25F3N6O4S/c1-26(2,3)39-22(36)16-7-5-6-15(8-16)11-33-14-30-21(32-33)13-34-23(37)31-24(40-4)35(25(34)38)12-17-9-19(28)20(29)10-18(17)27/h5-10,14H,11-13H2,1-4H3. The summed E-state index contributed by atoms with van der Waals surface area (Å²) in [7, 11) is 0. The molecule has 0 saturated heterocycles. The lowest BCUT2D eigenvalue weighted by Crippen LogP contribution is -2.43. The first kappa shape index (κ1) is 28.8. The second kappa shape index (κ2) is 11.5. The summed E-state index contributed by atoms with van der Waals surface area (Å²) >= 11 is 0.962. The van der Waals surface area contributed by atoms with Gasteiger partial charge in [-0.15, -0.1) is 0 Å². The Bertz CT molecular complexity index is 1690. The first-order valence-corrected chi connectivity index (χ1v) is 13.2. The lowest BCUT2D eigenvalue weighted by Gasteiger charge is -2.19. The summed E-state index contributed by atoms with van der Waals surface area (Å²) < 4.78 is 50.0. The van der Waals surface area contributed by atoms with E-state index in [1.165, 1.54) is 11.0 Å². The number of carbonyl (C=O) groups excluding carboxylic acids is 1. The first-order chi connectivity index (χ1) is 18.8. The molecule has 0 atom stereocenters. The molecule has 14 heteroatoms. The van der Waals surface area contributed by atoms with Crippen LogP contribution in [0.2, 0.25) is 0 Å². The lowest BCUT2D eigenvalue weighted by molar-refractivity contribution is 0.00693. The molecule has 4 rings (SSSR count). The Labute approximate surface area is 230 Å². The molecule has 0 amide bonds. The fourth-order valence-electron chi connectivity index (χ4n) is 3.74. The Morgan fingerprint density at radius 3 is 2.40 bits per heavy atom. The van der Waals surface area contributed by atoms with E-state index in [1.54, 1.807) is 51.3 Å². The van der Waals surface area contributed by atoms with Crippen molar-refractivity contribution >= 4 is 17.7 Å². The SMILES string of the molecule is CSc1nc(=O)n(Cc2ncn(Cc3cccc(C(=O)OC(C)(C)C)c3)n2)c(=O)n1Cc1cc(F)c(F)cc1F. The van der Waals surface area contributed by atoms with Crippen LogP contribution in [0.4, 0.5) is 13.2 Å². The fraction of sp³-hybridized carbons (Fsp3) is 0.308. The second-order valence-corrected chi connectivity index (χ2v) is 10.5. The average Bonchev–Trinajstić information content (AvgIpc) is 3.32. The van der Waals surface area contributed by atoms with E-state index < -0.39 is 46.9 Å². The topological polar surface area (TPSA) is 114 Å². The summed E-state index contributed by atoms with van der Waals surface area (Å²) in [5, 5.41) is 4.28. The highest BCUT2D eigenvalue weighted by atomic mass is 32.2. The first-order valence-electron chi connectivity index (χ1n) is 11.9. The summed E-state index contributed by atoms with van der Waals surface area (Å²) in [4.78, 5) is 46.3. The van der Waals surface area contributed by atoms with Gasteiger partial charge in [0, 0.05) is 11.6 Å². The Kier molecular flexibility index (Phi) is 8.28. The fourth-order valence-corrected chi connectivity index (χ4v) is 4.27. The molecule has 0 spiro atoms. The van der Waals surface area contributed by atoms with Gasteiger partial charge >= 0.3 is 17.3 Å². The zero-order valence-electron chi connectivity index (χ0n) is 22.0. The number of carbonyl (C=O) groups is 1. The molecule has 40 heavy (non-hydrogen) atoms. The van der Waals surface area contributed by atoms with Gasteiger partial charge < -0.3 is 4.74 Å². The summed E-state index contributed by atoms with van der Waals surface area (Å²) in [6.45, 7) is 4.73. The third-order valence-electron chi connectivity index (χ3n) is 5.50. The highest BCUT2D eigenvalue weighted by Crippen LogP contribution is 2.17. The number of hydrogen-bond donors (Lipinski definition) is 0. The largest absolute Gasteiger partial charge is 0.456 e. The van der Waals surface area contributed by atoms with Crippen LogP contribution in [0.25, 0.3) is 0 Å². The van der Waals surface area contributed by atoms with Crippen molar-refractivity contribution < 1.29 is 22.7 Å². The minimum atomic E-state index is -1.36. The minimum absolute atomic E-state index is 0.0289. The predicted molar refractivity (Wildman–Crippen MR) is 140 cm³/mol. The monoisotopic (exact) mass is 574 g/mol. The van der Waals surface area contributed by atoms with Crippen molar-refractivity contribution in [3.63, 3.8) is 0 Å². The lowest BCUT2D eigenvalue weighted by atomic mass is 10.1. The molecule has 10 nitrogen and oxygen atoms in total. The van der Waals surface area contributed by atoms with E-state index in [4.69, 9.17) is 4.74 Å². The summed E-state index contributed by atoms with van der Waals surface area (Å²) in [6, 6.07) is 7.85. The number of rotatable bonds is 8. The van der Waals surface area contributed by atoms with Crippen molar-refractivity contribution in [2.75, 3.05) is 6.26 Å². The second-order valence-electron chi connectivity index (χ2n) is 9.75. The Hall–Kier alpha value is -4.20. The maximum absolute atomic E-state index is 14.3. The Balaban J connectivity index is 1.57. The maximum Gasteiger partial charge on any atom is 0.354 e. The van der Waals surface area contributed by atoms with Crippen molar-refractivity contribution in [2.45, 2.75) is 51.2 Å². The van der Waals surface area contributed by atoms with Crippen molar-refractivity contribution in [3.8, 4) is 0 Å². The van der Waals surface area contributed by atoms with Crippen LogP contribution in [-0.2, 0) is 24.4 Å². The van der Waals surface area contributed by atoms with E-state index in [0.717, 1.165) is 26.5 Å². The molecular formula is C26H25F3N6O4S. The maximum atomic E-state index is 14.3. The predicted octanol–water partition coefficient (Wildman–Crippen LogP) is 3.24. The van der Waals surface area contributed by atoms with E-state index in [2.05, 4.69) is 15.1 Å². The molecule has 4 aromatic rings. The minimum Gasteiger partial charge on any atom is -0.456 e. The van der Waals surface area contributed by atoms with Gasteiger partial charge in [0.1, 0.15) is 17.7 Å². The molecule has 2 aromatic heterocycles. The number of benzene rings is 2. The molecule has 0 aliphatic heterocycles. The molecule has 0 unspecified atom stereocenters. The van der Waals surface area contributed by atoms with E-state index in [0.29, 0.717) is 17.7 Å². The zero-order chi connectivity index (χ0) is 29.2. The van der Waals surface area contributed by atoms with Crippen molar-refractivity contribution in [2.24, 2.45) is 0 Å². The number of nitrogens with zero attached hydrogens (tertiary/aromatic N) is 6. The van der Waals surface area contributed by atoms with E-state index in [1.807, 2.05) is 0 Å². The van der Waals surface area contributed by atoms with Gasteiger partial charge in [-0.2, -0.15) is 10.1 Å². The van der Waals surface area contributed by atoms with Gasteiger partial charge in [0.2, 0.25) is 0 Å². The molecule has 0 N–H and O–H groups in total. The molecule has 0 aliphatic rings. The average molecular weight is 575 g/mol.